The Hall–Kier alpha value is -2.63. The van der Waals surface area contributed by atoms with Crippen LogP contribution in [0.25, 0.3) is 0 Å². The average molecular weight is 425 g/mol. The Kier molecular flexibility index (Phi) is 7.66. The van der Waals surface area contributed by atoms with E-state index in [1.54, 1.807) is 0 Å². The SMILES string of the molecule is CCCNC(=O)c1cccc(CNCc2c(C)nn(Cc3ccccc3Cl)c2C)c1. The quantitative estimate of drug-likeness (QED) is 0.526. The van der Waals surface area contributed by atoms with E-state index in [0.29, 0.717) is 31.7 Å². The van der Waals surface area contributed by atoms with Gasteiger partial charge in [-0.15, -0.1) is 0 Å². The van der Waals surface area contributed by atoms with E-state index >= 15 is 0 Å². The molecule has 1 aromatic heterocycles. The molecule has 2 N–H and O–H groups in total. The number of hydrogen-bond acceptors (Lipinski definition) is 3. The summed E-state index contributed by atoms with van der Waals surface area (Å²) in [5, 5.41) is 11.9. The van der Waals surface area contributed by atoms with E-state index in [1.807, 2.05) is 67.1 Å². The molecular weight excluding hydrogens is 396 g/mol. The molecule has 0 bridgehead atoms. The second-order valence-electron chi connectivity index (χ2n) is 7.46. The molecule has 2 aromatic carbocycles. The van der Waals surface area contributed by atoms with Crippen molar-refractivity contribution in [2.45, 2.75) is 46.8 Å². The van der Waals surface area contributed by atoms with Crippen LogP contribution in [0.5, 0.6) is 0 Å². The summed E-state index contributed by atoms with van der Waals surface area (Å²) in [6.45, 7) is 8.91. The number of amides is 1. The summed E-state index contributed by atoms with van der Waals surface area (Å²) in [6, 6.07) is 15.6. The van der Waals surface area contributed by atoms with Gasteiger partial charge in [0.15, 0.2) is 0 Å². The number of benzene rings is 2. The standard InChI is InChI=1S/C24H29ClN4O/c1-4-12-27-24(30)20-10-7-8-19(13-20)14-26-15-22-17(2)28-29(18(22)3)16-21-9-5-6-11-23(21)25/h5-11,13,26H,4,12,14-16H2,1-3H3,(H,27,30). The Morgan fingerprint density at radius 1 is 1.10 bits per heavy atom. The summed E-state index contributed by atoms with van der Waals surface area (Å²) in [5.41, 5.74) is 6.18. The minimum Gasteiger partial charge on any atom is -0.352 e. The van der Waals surface area contributed by atoms with E-state index in [-0.39, 0.29) is 5.91 Å². The lowest BCUT2D eigenvalue weighted by molar-refractivity contribution is 0.0953. The Morgan fingerprint density at radius 2 is 1.90 bits per heavy atom. The van der Waals surface area contributed by atoms with Crippen molar-refractivity contribution < 1.29 is 4.79 Å². The second-order valence-corrected chi connectivity index (χ2v) is 7.87. The molecular formula is C24H29ClN4O. The molecule has 3 rings (SSSR count). The normalized spacial score (nSPS) is 10.9. The molecule has 5 nitrogen and oxygen atoms in total. The van der Waals surface area contributed by atoms with Crippen molar-refractivity contribution >= 4 is 17.5 Å². The fraction of sp³-hybridized carbons (Fsp3) is 0.333. The Bertz CT molecular complexity index is 1010. The molecule has 1 amide bonds. The summed E-state index contributed by atoms with van der Waals surface area (Å²) in [5.74, 6) is -0.0220. The highest BCUT2D eigenvalue weighted by Gasteiger charge is 2.13. The van der Waals surface area contributed by atoms with Crippen LogP contribution in [-0.2, 0) is 19.6 Å². The molecule has 0 aliphatic heterocycles. The lowest BCUT2D eigenvalue weighted by Crippen LogP contribution is -2.24. The van der Waals surface area contributed by atoms with Crippen LogP contribution in [0.3, 0.4) is 0 Å². The first kappa shape index (κ1) is 22.1. The third-order valence-electron chi connectivity index (χ3n) is 5.16. The highest BCUT2D eigenvalue weighted by molar-refractivity contribution is 6.31. The van der Waals surface area contributed by atoms with Crippen molar-refractivity contribution in [2.75, 3.05) is 6.54 Å². The first-order chi connectivity index (χ1) is 14.5. The Labute approximate surface area is 183 Å². The fourth-order valence-electron chi connectivity index (χ4n) is 3.43. The Balaban J connectivity index is 1.62. The van der Waals surface area contributed by atoms with E-state index in [9.17, 15) is 4.79 Å². The highest BCUT2D eigenvalue weighted by atomic mass is 35.5. The first-order valence-corrected chi connectivity index (χ1v) is 10.7. The molecule has 0 radical (unpaired) electrons. The molecule has 0 spiro atoms. The molecule has 0 saturated carbocycles. The van der Waals surface area contributed by atoms with Gasteiger partial charge in [-0.1, -0.05) is 48.9 Å². The molecule has 0 atom stereocenters. The number of carbonyl (C=O) groups excluding carboxylic acids is 1. The predicted octanol–water partition coefficient (Wildman–Crippen LogP) is 4.63. The van der Waals surface area contributed by atoms with Crippen LogP contribution < -0.4 is 10.6 Å². The molecule has 1 heterocycles. The molecule has 0 aliphatic carbocycles. The van der Waals surface area contributed by atoms with E-state index in [2.05, 4.69) is 17.6 Å². The number of halogens is 1. The molecule has 6 heteroatoms. The van der Waals surface area contributed by atoms with Crippen LogP contribution in [0, 0.1) is 13.8 Å². The smallest absolute Gasteiger partial charge is 0.251 e. The molecule has 3 aromatic rings. The third kappa shape index (κ3) is 5.49. The van der Waals surface area contributed by atoms with Gasteiger partial charge in [-0.25, -0.2) is 0 Å². The number of aryl methyl sites for hydroxylation is 1. The Morgan fingerprint density at radius 3 is 2.67 bits per heavy atom. The van der Waals surface area contributed by atoms with Crippen molar-refractivity contribution in [2.24, 2.45) is 0 Å². The van der Waals surface area contributed by atoms with Gasteiger partial charge in [0, 0.05) is 41.5 Å². The number of rotatable bonds is 9. The summed E-state index contributed by atoms with van der Waals surface area (Å²) < 4.78 is 2.01. The summed E-state index contributed by atoms with van der Waals surface area (Å²) in [6.07, 6.45) is 0.926. The van der Waals surface area contributed by atoms with E-state index in [4.69, 9.17) is 16.7 Å². The number of carbonyl (C=O) groups is 1. The largest absolute Gasteiger partial charge is 0.352 e. The molecule has 0 saturated heterocycles. The number of aromatic nitrogens is 2. The summed E-state index contributed by atoms with van der Waals surface area (Å²) in [7, 11) is 0. The van der Waals surface area contributed by atoms with Gasteiger partial charge in [-0.3, -0.25) is 9.48 Å². The number of hydrogen-bond donors (Lipinski definition) is 2. The average Bonchev–Trinajstić information content (AvgIpc) is 3.01. The van der Waals surface area contributed by atoms with Crippen molar-refractivity contribution in [1.82, 2.24) is 20.4 Å². The number of nitrogens with zero attached hydrogens (tertiary/aromatic N) is 2. The maximum atomic E-state index is 12.2. The topological polar surface area (TPSA) is 59.0 Å². The maximum Gasteiger partial charge on any atom is 0.251 e. The van der Waals surface area contributed by atoms with Crippen LogP contribution in [-0.4, -0.2) is 22.2 Å². The number of nitrogens with one attached hydrogen (secondary N) is 2. The lowest BCUT2D eigenvalue weighted by atomic mass is 10.1. The zero-order valence-electron chi connectivity index (χ0n) is 17.8. The van der Waals surface area contributed by atoms with Gasteiger partial charge < -0.3 is 10.6 Å². The van der Waals surface area contributed by atoms with Crippen LogP contribution in [0.2, 0.25) is 5.02 Å². The summed E-state index contributed by atoms with van der Waals surface area (Å²) >= 11 is 6.31. The van der Waals surface area contributed by atoms with Gasteiger partial charge in [0.05, 0.1) is 12.2 Å². The van der Waals surface area contributed by atoms with Crippen LogP contribution >= 0.6 is 11.6 Å². The fourth-order valence-corrected chi connectivity index (χ4v) is 3.62. The van der Waals surface area contributed by atoms with Crippen molar-refractivity contribution in [1.29, 1.82) is 0 Å². The van der Waals surface area contributed by atoms with Crippen molar-refractivity contribution in [3.8, 4) is 0 Å². The van der Waals surface area contributed by atoms with Gasteiger partial charge in [0.2, 0.25) is 0 Å². The van der Waals surface area contributed by atoms with Gasteiger partial charge >= 0.3 is 0 Å². The molecule has 30 heavy (non-hydrogen) atoms. The predicted molar refractivity (Wildman–Crippen MR) is 122 cm³/mol. The van der Waals surface area contributed by atoms with E-state index in [0.717, 1.165) is 34.0 Å². The van der Waals surface area contributed by atoms with Crippen LogP contribution in [0.4, 0.5) is 0 Å². The molecule has 158 valence electrons. The van der Waals surface area contributed by atoms with Crippen LogP contribution in [0.1, 0.15) is 51.8 Å². The zero-order valence-corrected chi connectivity index (χ0v) is 18.6. The summed E-state index contributed by atoms with van der Waals surface area (Å²) in [4.78, 5) is 12.2. The molecule has 0 unspecified atom stereocenters. The zero-order chi connectivity index (χ0) is 21.5. The van der Waals surface area contributed by atoms with Gasteiger partial charge in [-0.05, 0) is 49.6 Å². The lowest BCUT2D eigenvalue weighted by Gasteiger charge is -2.09. The van der Waals surface area contributed by atoms with Crippen molar-refractivity contribution in [3.63, 3.8) is 0 Å². The minimum absolute atomic E-state index is 0.0220. The third-order valence-corrected chi connectivity index (χ3v) is 5.53. The van der Waals surface area contributed by atoms with Crippen molar-refractivity contribution in [3.05, 3.63) is 87.2 Å². The first-order valence-electron chi connectivity index (χ1n) is 10.3. The van der Waals surface area contributed by atoms with Gasteiger partial charge in [0.1, 0.15) is 0 Å². The molecule has 0 fully saturated rings. The monoisotopic (exact) mass is 424 g/mol. The maximum absolute atomic E-state index is 12.2. The van der Waals surface area contributed by atoms with E-state index in [1.165, 1.54) is 5.56 Å². The molecule has 0 aliphatic rings. The van der Waals surface area contributed by atoms with Gasteiger partial charge in [-0.2, -0.15) is 5.10 Å². The highest BCUT2D eigenvalue weighted by Crippen LogP contribution is 2.19. The van der Waals surface area contributed by atoms with Gasteiger partial charge in [0.25, 0.3) is 5.91 Å². The second kappa shape index (κ2) is 10.4. The minimum atomic E-state index is -0.0220. The van der Waals surface area contributed by atoms with Crippen LogP contribution in [0.15, 0.2) is 48.5 Å². The van der Waals surface area contributed by atoms with E-state index < -0.39 is 0 Å².